The normalized spacial score (nSPS) is 16.2. The van der Waals surface area contributed by atoms with Crippen LogP contribution in [0.1, 0.15) is 61.8 Å². The van der Waals surface area contributed by atoms with E-state index in [2.05, 4.69) is 0 Å². The van der Waals surface area contributed by atoms with Crippen molar-refractivity contribution in [2.45, 2.75) is 65.3 Å². The SMILES string of the molecule is Cc1ccc(-c2cc(C(F)(F)F)n(CC3(O)CCC3)c2C(=O)N(C)CC(C)(C)C)cc1. The van der Waals surface area contributed by atoms with E-state index in [9.17, 15) is 23.1 Å². The van der Waals surface area contributed by atoms with E-state index < -0.39 is 23.4 Å². The number of nitrogens with zero attached hydrogens (tertiary/aromatic N) is 2. The van der Waals surface area contributed by atoms with E-state index in [-0.39, 0.29) is 23.2 Å². The molecule has 7 heteroatoms. The lowest BCUT2D eigenvalue weighted by atomic mass is 9.80. The van der Waals surface area contributed by atoms with Crippen LogP contribution < -0.4 is 0 Å². The monoisotopic (exact) mass is 436 g/mol. The van der Waals surface area contributed by atoms with Crippen LogP contribution in [0.25, 0.3) is 11.1 Å². The topological polar surface area (TPSA) is 45.5 Å². The maximum atomic E-state index is 14.0. The predicted octanol–water partition coefficient (Wildman–Crippen LogP) is 5.52. The molecule has 0 atom stereocenters. The van der Waals surface area contributed by atoms with Gasteiger partial charge in [0.1, 0.15) is 11.4 Å². The average Bonchev–Trinajstić information content (AvgIpc) is 2.98. The van der Waals surface area contributed by atoms with Crippen LogP contribution >= 0.6 is 0 Å². The van der Waals surface area contributed by atoms with Crippen molar-refractivity contribution in [3.8, 4) is 11.1 Å². The number of aryl methyl sites for hydroxylation is 1. The van der Waals surface area contributed by atoms with E-state index in [1.807, 2.05) is 39.8 Å². The van der Waals surface area contributed by atoms with E-state index in [0.29, 0.717) is 24.9 Å². The van der Waals surface area contributed by atoms with Crippen molar-refractivity contribution in [2.24, 2.45) is 5.41 Å². The summed E-state index contributed by atoms with van der Waals surface area (Å²) in [7, 11) is 1.61. The molecule has 31 heavy (non-hydrogen) atoms. The second-order valence-corrected chi connectivity index (χ2v) is 10.0. The highest BCUT2D eigenvalue weighted by Gasteiger charge is 2.43. The number of carbonyl (C=O) groups is 1. The third-order valence-electron chi connectivity index (χ3n) is 5.75. The smallest absolute Gasteiger partial charge is 0.388 e. The van der Waals surface area contributed by atoms with Gasteiger partial charge in [-0.25, -0.2) is 0 Å². The molecule has 4 nitrogen and oxygen atoms in total. The van der Waals surface area contributed by atoms with Crippen molar-refractivity contribution in [1.82, 2.24) is 9.47 Å². The van der Waals surface area contributed by atoms with Crippen LogP contribution in [0.5, 0.6) is 0 Å². The quantitative estimate of drug-likeness (QED) is 0.671. The maximum Gasteiger partial charge on any atom is 0.431 e. The largest absolute Gasteiger partial charge is 0.431 e. The number of benzene rings is 1. The number of aliphatic hydroxyl groups is 1. The van der Waals surface area contributed by atoms with Gasteiger partial charge >= 0.3 is 6.18 Å². The predicted molar refractivity (Wildman–Crippen MR) is 115 cm³/mol. The minimum Gasteiger partial charge on any atom is -0.388 e. The first-order valence-electron chi connectivity index (χ1n) is 10.6. The highest BCUT2D eigenvalue weighted by molar-refractivity contribution is 6.00. The Kier molecular flexibility index (Phi) is 6.04. The van der Waals surface area contributed by atoms with E-state index in [4.69, 9.17) is 0 Å². The lowest BCUT2D eigenvalue weighted by Crippen LogP contribution is -2.43. The fraction of sp³-hybridized carbons (Fsp3) is 0.542. The van der Waals surface area contributed by atoms with Crippen LogP contribution in [0.4, 0.5) is 13.2 Å². The summed E-state index contributed by atoms with van der Waals surface area (Å²) in [5.74, 6) is -0.482. The van der Waals surface area contributed by atoms with Crippen molar-refractivity contribution in [3.05, 3.63) is 47.3 Å². The molecule has 1 heterocycles. The van der Waals surface area contributed by atoms with Gasteiger partial charge in [0.15, 0.2) is 0 Å². The van der Waals surface area contributed by atoms with Gasteiger partial charge in [0.05, 0.1) is 12.1 Å². The summed E-state index contributed by atoms with van der Waals surface area (Å²) < 4.78 is 43.1. The first-order valence-corrected chi connectivity index (χ1v) is 10.6. The Bertz CT molecular complexity index is 949. The zero-order chi connectivity index (χ0) is 23.2. The lowest BCUT2D eigenvalue weighted by molar-refractivity contribution is -0.146. The van der Waals surface area contributed by atoms with Gasteiger partial charge in [-0.1, -0.05) is 50.6 Å². The van der Waals surface area contributed by atoms with Crippen molar-refractivity contribution in [2.75, 3.05) is 13.6 Å². The molecule has 3 rings (SSSR count). The van der Waals surface area contributed by atoms with Crippen molar-refractivity contribution in [3.63, 3.8) is 0 Å². The van der Waals surface area contributed by atoms with Gasteiger partial charge in [-0.15, -0.1) is 0 Å². The third kappa shape index (κ3) is 5.14. The second-order valence-electron chi connectivity index (χ2n) is 10.0. The molecule has 1 N–H and O–H groups in total. The van der Waals surface area contributed by atoms with Gasteiger partial charge in [-0.05, 0) is 43.2 Å². The second kappa shape index (κ2) is 8.01. The molecular weight excluding hydrogens is 405 g/mol. The van der Waals surface area contributed by atoms with Gasteiger partial charge in [0.2, 0.25) is 0 Å². The Morgan fingerprint density at radius 1 is 1.16 bits per heavy atom. The number of carbonyl (C=O) groups excluding carboxylic acids is 1. The highest BCUT2D eigenvalue weighted by atomic mass is 19.4. The Hall–Kier alpha value is -2.28. The Morgan fingerprint density at radius 2 is 1.74 bits per heavy atom. The number of aromatic nitrogens is 1. The van der Waals surface area contributed by atoms with Crippen LogP contribution in [0.3, 0.4) is 0 Å². The molecule has 0 unspecified atom stereocenters. The average molecular weight is 437 g/mol. The van der Waals surface area contributed by atoms with Crippen LogP contribution in [-0.4, -0.2) is 39.7 Å². The van der Waals surface area contributed by atoms with E-state index in [1.54, 1.807) is 19.2 Å². The molecule has 0 radical (unpaired) electrons. The number of halogens is 3. The first-order chi connectivity index (χ1) is 14.2. The maximum absolute atomic E-state index is 14.0. The van der Waals surface area contributed by atoms with Crippen LogP contribution in [-0.2, 0) is 12.7 Å². The fourth-order valence-corrected chi connectivity index (χ4v) is 4.13. The zero-order valence-electron chi connectivity index (χ0n) is 18.8. The molecule has 0 saturated heterocycles. The van der Waals surface area contributed by atoms with Crippen molar-refractivity contribution in [1.29, 1.82) is 0 Å². The molecule has 1 amide bonds. The van der Waals surface area contributed by atoms with Gasteiger partial charge in [-0.3, -0.25) is 4.79 Å². The van der Waals surface area contributed by atoms with Gasteiger partial charge < -0.3 is 14.6 Å². The zero-order valence-corrected chi connectivity index (χ0v) is 18.8. The fourth-order valence-electron chi connectivity index (χ4n) is 4.13. The summed E-state index contributed by atoms with van der Waals surface area (Å²) in [5.41, 5.74) is -0.615. The lowest BCUT2D eigenvalue weighted by Gasteiger charge is -2.38. The summed E-state index contributed by atoms with van der Waals surface area (Å²) in [6.45, 7) is 7.93. The minimum atomic E-state index is -4.65. The number of rotatable bonds is 5. The van der Waals surface area contributed by atoms with Crippen LogP contribution in [0.2, 0.25) is 0 Å². The van der Waals surface area contributed by atoms with E-state index >= 15 is 0 Å². The molecular formula is C24H31F3N2O2. The first kappa shape index (κ1) is 23.4. The Morgan fingerprint density at radius 3 is 2.19 bits per heavy atom. The molecule has 1 aromatic carbocycles. The van der Waals surface area contributed by atoms with Crippen LogP contribution in [0.15, 0.2) is 30.3 Å². The van der Waals surface area contributed by atoms with Gasteiger partial charge in [0, 0.05) is 19.2 Å². The molecule has 170 valence electrons. The molecule has 0 bridgehead atoms. The highest BCUT2D eigenvalue weighted by Crippen LogP contribution is 2.41. The van der Waals surface area contributed by atoms with Crippen molar-refractivity contribution >= 4 is 5.91 Å². The molecule has 1 aliphatic rings. The molecule has 0 spiro atoms. The molecule has 1 aromatic heterocycles. The third-order valence-corrected chi connectivity index (χ3v) is 5.75. The van der Waals surface area contributed by atoms with Crippen LogP contribution in [0, 0.1) is 12.3 Å². The molecule has 0 aliphatic heterocycles. The summed E-state index contributed by atoms with van der Waals surface area (Å²) in [5, 5.41) is 10.7. The summed E-state index contributed by atoms with van der Waals surface area (Å²) in [4.78, 5) is 15.0. The molecule has 1 saturated carbocycles. The minimum absolute atomic E-state index is 0.0248. The number of hydrogen-bond donors (Lipinski definition) is 1. The molecule has 1 fully saturated rings. The van der Waals surface area contributed by atoms with E-state index in [0.717, 1.165) is 22.6 Å². The molecule has 2 aromatic rings. The summed E-state index contributed by atoms with van der Waals surface area (Å²) in [6.07, 6.45) is -3.04. The van der Waals surface area contributed by atoms with Gasteiger partial charge in [0.25, 0.3) is 5.91 Å². The summed E-state index contributed by atoms with van der Waals surface area (Å²) >= 11 is 0. The number of hydrogen-bond acceptors (Lipinski definition) is 2. The molecule has 1 aliphatic carbocycles. The van der Waals surface area contributed by atoms with Gasteiger partial charge in [-0.2, -0.15) is 13.2 Å². The number of amides is 1. The Labute approximate surface area is 181 Å². The summed E-state index contributed by atoms with van der Waals surface area (Å²) in [6, 6.07) is 8.13. The van der Waals surface area contributed by atoms with Crippen molar-refractivity contribution < 1.29 is 23.1 Å². The number of alkyl halides is 3. The van der Waals surface area contributed by atoms with E-state index in [1.165, 1.54) is 4.90 Å². The standard InChI is InChI=1S/C24H31F3N2O2/c1-16-7-9-17(10-8-16)18-13-19(24(25,26)27)29(15-23(31)11-6-12-23)20(18)21(30)28(5)14-22(2,3)4/h7-10,13,31H,6,11-12,14-15H2,1-5H3. The Balaban J connectivity index is 2.20.